The normalized spacial score (nSPS) is 14.4. The largest absolute Gasteiger partial charge is 0.336 e. The van der Waals surface area contributed by atoms with E-state index in [1.165, 1.54) is 5.56 Å². The zero-order chi connectivity index (χ0) is 24.4. The maximum Gasteiger partial charge on any atom is 0.258 e. The number of aryl methyl sites for hydroxylation is 2. The fraction of sp³-hybridized carbons (Fsp3) is 0.321. The molecular weight excluding hydrogens is 436 g/mol. The van der Waals surface area contributed by atoms with Crippen LogP contribution in [0.2, 0.25) is 0 Å². The predicted octanol–water partition coefficient (Wildman–Crippen LogP) is 4.33. The number of benzene rings is 2. The molecule has 1 fully saturated rings. The van der Waals surface area contributed by atoms with E-state index in [2.05, 4.69) is 30.0 Å². The first-order valence-electron chi connectivity index (χ1n) is 12.3. The Hall–Kier alpha value is -3.71. The molecule has 7 heteroatoms. The predicted molar refractivity (Wildman–Crippen MR) is 138 cm³/mol. The van der Waals surface area contributed by atoms with Crippen LogP contribution in [0.15, 0.2) is 66.9 Å². The van der Waals surface area contributed by atoms with Crippen LogP contribution in [0.3, 0.4) is 0 Å². The van der Waals surface area contributed by atoms with Crippen molar-refractivity contribution in [1.29, 1.82) is 0 Å². The van der Waals surface area contributed by atoms with E-state index < -0.39 is 0 Å². The van der Waals surface area contributed by atoms with E-state index in [9.17, 15) is 4.79 Å². The van der Waals surface area contributed by atoms with Crippen molar-refractivity contribution < 1.29 is 4.79 Å². The second-order valence-corrected chi connectivity index (χ2v) is 9.09. The molecule has 35 heavy (non-hydrogen) atoms. The molecule has 0 atom stereocenters. The lowest BCUT2D eigenvalue weighted by Gasteiger charge is -2.34. The molecule has 2 aromatic heterocycles. The van der Waals surface area contributed by atoms with Gasteiger partial charge in [-0.15, -0.1) is 0 Å². The van der Waals surface area contributed by atoms with Crippen molar-refractivity contribution in [3.63, 3.8) is 0 Å². The van der Waals surface area contributed by atoms with Gasteiger partial charge >= 0.3 is 0 Å². The van der Waals surface area contributed by atoms with E-state index in [1.54, 1.807) is 0 Å². The molecule has 1 aliphatic rings. The zero-order valence-corrected chi connectivity index (χ0v) is 20.7. The number of hydrogen-bond acceptors (Lipinski definition) is 4. The molecule has 0 saturated carbocycles. The highest BCUT2D eigenvalue weighted by Gasteiger charge is 2.29. The maximum absolute atomic E-state index is 13.9. The van der Waals surface area contributed by atoms with Crippen molar-refractivity contribution in [3.05, 3.63) is 89.4 Å². The van der Waals surface area contributed by atoms with Gasteiger partial charge in [0, 0.05) is 56.6 Å². The van der Waals surface area contributed by atoms with Crippen LogP contribution in [-0.4, -0.2) is 61.4 Å². The number of carbonyl (C=O) groups excluding carboxylic acids is 1. The van der Waals surface area contributed by atoms with E-state index in [-0.39, 0.29) is 5.91 Å². The lowest BCUT2D eigenvalue weighted by atomic mass is 10.0. The molecule has 1 saturated heterocycles. The van der Waals surface area contributed by atoms with Gasteiger partial charge < -0.3 is 4.90 Å². The van der Waals surface area contributed by atoms with Gasteiger partial charge in [0.1, 0.15) is 5.69 Å². The third-order valence-electron chi connectivity index (χ3n) is 6.80. The maximum atomic E-state index is 13.9. The molecule has 1 amide bonds. The second-order valence-electron chi connectivity index (χ2n) is 9.09. The molecule has 0 unspecified atom stereocenters. The van der Waals surface area contributed by atoms with Gasteiger partial charge in [0.05, 0.1) is 22.6 Å². The Balaban J connectivity index is 1.38. The average Bonchev–Trinajstić information content (AvgIpc) is 3.44. The van der Waals surface area contributed by atoms with Gasteiger partial charge in [-0.3, -0.25) is 14.4 Å². The van der Waals surface area contributed by atoms with Gasteiger partial charge in [0.25, 0.3) is 5.91 Å². The molecule has 3 heterocycles. The topological polar surface area (TPSA) is 59.2 Å². The van der Waals surface area contributed by atoms with E-state index >= 15 is 0 Å². The van der Waals surface area contributed by atoms with Crippen molar-refractivity contribution in [2.45, 2.75) is 33.9 Å². The summed E-state index contributed by atoms with van der Waals surface area (Å²) in [7, 11) is 0. The summed E-state index contributed by atoms with van der Waals surface area (Å²) in [6.07, 6.45) is 2.14. The van der Waals surface area contributed by atoms with Crippen molar-refractivity contribution in [3.8, 4) is 16.9 Å². The molecule has 5 rings (SSSR count). The molecule has 0 N–H and O–H groups in total. The Morgan fingerprint density at radius 1 is 0.886 bits per heavy atom. The molecule has 4 aromatic rings. The fourth-order valence-corrected chi connectivity index (χ4v) is 4.76. The summed E-state index contributed by atoms with van der Waals surface area (Å²) in [6, 6.07) is 20.0. The monoisotopic (exact) mass is 468 g/mol. The number of aromatic nitrogens is 4. The highest BCUT2D eigenvalue weighted by molar-refractivity contribution is 6.01. The molecule has 2 aromatic carbocycles. The van der Waals surface area contributed by atoms with E-state index in [0.29, 0.717) is 18.7 Å². The number of amides is 1. The van der Waals surface area contributed by atoms with Crippen LogP contribution in [0.5, 0.6) is 0 Å². The standard InChI is InChI=1S/C28H32N6O/c1-4-33-20-24(21(2)29-33)19-31-15-17-32(18-16-31)28(35)26-22(3)34(25-13-9-6-10-14-25)30-27(26)23-11-7-5-8-12-23/h5-14,20H,4,15-19H2,1-3H3. The second kappa shape index (κ2) is 9.88. The molecule has 7 nitrogen and oxygen atoms in total. The zero-order valence-electron chi connectivity index (χ0n) is 20.7. The molecule has 0 bridgehead atoms. The Labute approximate surface area is 206 Å². The first kappa shape index (κ1) is 23.1. The number of rotatable bonds is 6. The Kier molecular flexibility index (Phi) is 6.51. The first-order chi connectivity index (χ1) is 17.0. The summed E-state index contributed by atoms with van der Waals surface area (Å²) >= 11 is 0. The van der Waals surface area contributed by atoms with Crippen molar-refractivity contribution in [2.24, 2.45) is 0 Å². The van der Waals surface area contributed by atoms with Gasteiger partial charge in [-0.25, -0.2) is 4.68 Å². The van der Waals surface area contributed by atoms with E-state index in [0.717, 1.165) is 54.5 Å². The van der Waals surface area contributed by atoms with Crippen LogP contribution in [0.1, 0.15) is 34.2 Å². The van der Waals surface area contributed by atoms with Crippen LogP contribution in [0, 0.1) is 13.8 Å². The number of carbonyl (C=O) groups is 1. The van der Waals surface area contributed by atoms with Crippen LogP contribution >= 0.6 is 0 Å². The van der Waals surface area contributed by atoms with E-state index in [1.807, 2.05) is 81.9 Å². The molecule has 0 radical (unpaired) electrons. The Morgan fingerprint density at radius 3 is 2.17 bits per heavy atom. The van der Waals surface area contributed by atoms with Gasteiger partial charge in [-0.2, -0.15) is 10.2 Å². The third-order valence-corrected chi connectivity index (χ3v) is 6.80. The number of nitrogens with zero attached hydrogens (tertiary/aromatic N) is 6. The highest BCUT2D eigenvalue weighted by Crippen LogP contribution is 2.29. The summed E-state index contributed by atoms with van der Waals surface area (Å²) in [5.74, 6) is 0.0539. The smallest absolute Gasteiger partial charge is 0.258 e. The minimum Gasteiger partial charge on any atom is -0.336 e. The summed E-state index contributed by atoms with van der Waals surface area (Å²) in [5.41, 5.74) is 6.55. The average molecular weight is 469 g/mol. The number of piperazine rings is 1. The summed E-state index contributed by atoms with van der Waals surface area (Å²) < 4.78 is 3.88. The van der Waals surface area contributed by atoms with E-state index in [4.69, 9.17) is 5.10 Å². The SMILES string of the molecule is CCn1cc(CN2CCN(C(=O)c3c(-c4ccccc4)nn(-c4ccccc4)c3C)CC2)c(C)n1. The Bertz CT molecular complexity index is 1300. The fourth-order valence-electron chi connectivity index (χ4n) is 4.76. The summed E-state index contributed by atoms with van der Waals surface area (Å²) in [4.78, 5) is 18.2. The van der Waals surface area contributed by atoms with Gasteiger partial charge in [-0.1, -0.05) is 48.5 Å². The van der Waals surface area contributed by atoms with Crippen molar-refractivity contribution >= 4 is 5.91 Å². The third kappa shape index (κ3) is 4.64. The highest BCUT2D eigenvalue weighted by atomic mass is 16.2. The van der Waals surface area contributed by atoms with Crippen molar-refractivity contribution in [2.75, 3.05) is 26.2 Å². The lowest BCUT2D eigenvalue weighted by molar-refractivity contribution is 0.0628. The summed E-state index contributed by atoms with van der Waals surface area (Å²) in [5, 5.41) is 9.48. The number of hydrogen-bond donors (Lipinski definition) is 0. The number of para-hydroxylation sites is 1. The van der Waals surface area contributed by atoms with Gasteiger partial charge in [0.15, 0.2) is 0 Å². The van der Waals surface area contributed by atoms with Crippen LogP contribution in [0.4, 0.5) is 0 Å². The molecule has 0 spiro atoms. The van der Waals surface area contributed by atoms with Gasteiger partial charge in [-0.05, 0) is 32.9 Å². The summed E-state index contributed by atoms with van der Waals surface area (Å²) in [6.45, 7) is 11.0. The molecule has 180 valence electrons. The van der Waals surface area contributed by atoms with Gasteiger partial charge in [0.2, 0.25) is 0 Å². The molecule has 1 aliphatic heterocycles. The molecular formula is C28H32N6O. The molecule has 0 aliphatic carbocycles. The van der Waals surface area contributed by atoms with Crippen molar-refractivity contribution in [1.82, 2.24) is 29.4 Å². The lowest BCUT2D eigenvalue weighted by Crippen LogP contribution is -2.48. The quantitative estimate of drug-likeness (QED) is 0.423. The minimum atomic E-state index is 0.0539. The first-order valence-corrected chi connectivity index (χ1v) is 12.3. The van der Waals surface area contributed by atoms with Crippen LogP contribution < -0.4 is 0 Å². The van der Waals surface area contributed by atoms with Crippen LogP contribution in [-0.2, 0) is 13.1 Å². The van der Waals surface area contributed by atoms with Crippen LogP contribution in [0.25, 0.3) is 16.9 Å². The minimum absolute atomic E-state index is 0.0539. The Morgan fingerprint density at radius 2 is 1.54 bits per heavy atom.